The van der Waals surface area contributed by atoms with Crippen LogP contribution in [0.1, 0.15) is 0 Å². The van der Waals surface area contributed by atoms with Gasteiger partial charge in [0.15, 0.2) is 0 Å². The number of nitrogens with one attached hydrogen (secondary N) is 1. The smallest absolute Gasteiger partial charge is 0.131 e. The molecule has 0 aliphatic carbocycles. The van der Waals surface area contributed by atoms with Crippen molar-refractivity contribution in [1.82, 2.24) is 10.4 Å². The zero-order valence-corrected chi connectivity index (χ0v) is 4.00. The largest absolute Gasteiger partial charge is 0.265 e. The Labute approximate surface area is 41.5 Å². The molecule has 0 saturated carbocycles. The normalized spacial score (nSPS) is 17.0. The van der Waals surface area contributed by atoms with Gasteiger partial charge in [-0.3, -0.25) is 10.4 Å². The van der Waals surface area contributed by atoms with Gasteiger partial charge in [0.25, 0.3) is 0 Å². The molecule has 0 radical (unpaired) electrons. The first-order valence-corrected chi connectivity index (χ1v) is 1.93. The van der Waals surface area contributed by atoms with Crippen LogP contribution in [0.25, 0.3) is 0 Å². The highest BCUT2D eigenvalue weighted by atomic mass is 15.5. The van der Waals surface area contributed by atoms with E-state index in [1.165, 1.54) is 6.34 Å². The lowest BCUT2D eigenvalue weighted by molar-refractivity contribution is 0.545. The molecule has 4 nitrogen and oxygen atoms in total. The number of rotatable bonds is 0. The first-order valence-electron chi connectivity index (χ1n) is 1.93. The van der Waals surface area contributed by atoms with Gasteiger partial charge in [0, 0.05) is 7.05 Å². The molecule has 0 aromatic heterocycles. The molecular weight excluding hydrogens is 92.1 g/mol. The molecule has 1 heterocycles. The lowest BCUT2D eigenvalue weighted by Gasteiger charge is -2.06. The number of hydrazone groups is 2. The van der Waals surface area contributed by atoms with Crippen LogP contribution in [0, 0.1) is 0 Å². The van der Waals surface area contributed by atoms with Gasteiger partial charge in [0.2, 0.25) is 0 Å². The number of hydrogen-bond donors (Lipinski definition) is 1. The lowest BCUT2D eigenvalue weighted by atomic mass is 11.0. The Morgan fingerprint density at radius 3 is 2.86 bits per heavy atom. The van der Waals surface area contributed by atoms with Crippen LogP contribution in [0.3, 0.4) is 0 Å². The van der Waals surface area contributed by atoms with Crippen molar-refractivity contribution in [2.45, 2.75) is 0 Å². The van der Waals surface area contributed by atoms with E-state index in [1.807, 2.05) is 0 Å². The fourth-order valence-corrected chi connectivity index (χ4v) is 0.297. The van der Waals surface area contributed by atoms with E-state index in [4.69, 9.17) is 0 Å². The van der Waals surface area contributed by atoms with Gasteiger partial charge in [-0.05, 0) is 0 Å². The van der Waals surface area contributed by atoms with Crippen molar-refractivity contribution in [2.24, 2.45) is 10.2 Å². The minimum atomic E-state index is 1.51. The van der Waals surface area contributed by atoms with Crippen LogP contribution in [0.4, 0.5) is 0 Å². The maximum Gasteiger partial charge on any atom is 0.131 e. The van der Waals surface area contributed by atoms with E-state index in [0.717, 1.165) is 0 Å². The molecule has 0 bridgehead atoms. The average molecular weight is 98.1 g/mol. The highest BCUT2D eigenvalue weighted by Crippen LogP contribution is 1.76. The van der Waals surface area contributed by atoms with Crippen LogP contribution in [-0.2, 0) is 0 Å². The monoisotopic (exact) mass is 98.1 g/mol. The minimum absolute atomic E-state index is 1.51. The van der Waals surface area contributed by atoms with Crippen molar-refractivity contribution in [2.75, 3.05) is 7.05 Å². The van der Waals surface area contributed by atoms with Crippen LogP contribution >= 0.6 is 0 Å². The Kier molecular flexibility index (Phi) is 0.934. The Hall–Kier alpha value is -1.06. The molecule has 1 aliphatic heterocycles. The van der Waals surface area contributed by atoms with Crippen LogP contribution in [0.5, 0.6) is 0 Å². The van der Waals surface area contributed by atoms with Gasteiger partial charge in [-0.15, -0.1) is 0 Å². The molecule has 0 amide bonds. The van der Waals surface area contributed by atoms with Gasteiger partial charge in [0.1, 0.15) is 12.7 Å². The second-order valence-corrected chi connectivity index (χ2v) is 1.19. The fourth-order valence-electron chi connectivity index (χ4n) is 0.297. The van der Waals surface area contributed by atoms with E-state index in [0.29, 0.717) is 0 Å². The standard InChI is InChI=1S/C3H6N4/c1-7-3-5-4-2-6-7/h2-3H,1H3,(H,4,6). The van der Waals surface area contributed by atoms with Crippen LogP contribution in [0.15, 0.2) is 10.2 Å². The summed E-state index contributed by atoms with van der Waals surface area (Å²) < 4.78 is 0. The summed E-state index contributed by atoms with van der Waals surface area (Å²) in [6.07, 6.45) is 3.10. The van der Waals surface area contributed by atoms with E-state index >= 15 is 0 Å². The summed E-state index contributed by atoms with van der Waals surface area (Å²) >= 11 is 0. The maximum absolute atomic E-state index is 3.78. The maximum atomic E-state index is 3.78. The highest BCUT2D eigenvalue weighted by Gasteiger charge is 1.85. The molecule has 0 atom stereocenters. The minimum Gasteiger partial charge on any atom is -0.265 e. The molecule has 1 rings (SSSR count). The topological polar surface area (TPSA) is 40.0 Å². The third-order valence-corrected chi connectivity index (χ3v) is 0.597. The highest BCUT2D eigenvalue weighted by molar-refractivity contribution is 5.64. The second kappa shape index (κ2) is 1.59. The average Bonchev–Trinajstić information content (AvgIpc) is 1.69. The van der Waals surface area contributed by atoms with Crippen molar-refractivity contribution < 1.29 is 0 Å². The molecule has 0 fully saturated rings. The Morgan fingerprint density at radius 2 is 2.57 bits per heavy atom. The lowest BCUT2D eigenvalue weighted by Crippen LogP contribution is -2.19. The molecule has 1 N–H and O–H groups in total. The third kappa shape index (κ3) is 0.887. The number of nitrogens with zero attached hydrogens (tertiary/aromatic N) is 3. The van der Waals surface area contributed by atoms with Gasteiger partial charge in [-0.2, -0.15) is 10.2 Å². The molecule has 7 heavy (non-hydrogen) atoms. The van der Waals surface area contributed by atoms with E-state index in [9.17, 15) is 0 Å². The molecule has 0 unspecified atom stereocenters. The van der Waals surface area contributed by atoms with Crippen molar-refractivity contribution in [1.29, 1.82) is 0 Å². The van der Waals surface area contributed by atoms with Gasteiger partial charge >= 0.3 is 0 Å². The summed E-state index contributed by atoms with van der Waals surface area (Å²) in [5.74, 6) is 0. The number of hydrogen-bond acceptors (Lipinski definition) is 4. The summed E-state index contributed by atoms with van der Waals surface area (Å²) in [6.45, 7) is 0. The molecule has 0 saturated heterocycles. The van der Waals surface area contributed by atoms with Crippen molar-refractivity contribution >= 4 is 12.7 Å². The predicted molar refractivity (Wildman–Crippen MR) is 27.9 cm³/mol. The van der Waals surface area contributed by atoms with Crippen LogP contribution < -0.4 is 5.43 Å². The van der Waals surface area contributed by atoms with Gasteiger partial charge in [-0.25, -0.2) is 0 Å². The fraction of sp³-hybridized carbons (Fsp3) is 0.333. The van der Waals surface area contributed by atoms with Crippen molar-refractivity contribution in [3.8, 4) is 0 Å². The van der Waals surface area contributed by atoms with E-state index in [1.54, 1.807) is 18.4 Å². The van der Waals surface area contributed by atoms with Crippen molar-refractivity contribution in [3.63, 3.8) is 0 Å². The van der Waals surface area contributed by atoms with Crippen molar-refractivity contribution in [3.05, 3.63) is 0 Å². The van der Waals surface area contributed by atoms with Gasteiger partial charge in [-0.1, -0.05) is 0 Å². The van der Waals surface area contributed by atoms with E-state index < -0.39 is 0 Å². The molecule has 0 aromatic carbocycles. The molecule has 38 valence electrons. The summed E-state index contributed by atoms with van der Waals surface area (Å²) in [5, 5.41) is 9.05. The zero-order chi connectivity index (χ0) is 5.11. The van der Waals surface area contributed by atoms with Gasteiger partial charge < -0.3 is 0 Å². The molecule has 0 aromatic rings. The Morgan fingerprint density at radius 1 is 1.71 bits per heavy atom. The second-order valence-electron chi connectivity index (χ2n) is 1.19. The Bertz CT molecular complexity index is 93.5. The van der Waals surface area contributed by atoms with E-state index in [2.05, 4.69) is 15.6 Å². The summed E-state index contributed by atoms with van der Waals surface area (Å²) in [4.78, 5) is 0. The first-order chi connectivity index (χ1) is 3.39. The third-order valence-electron chi connectivity index (χ3n) is 0.597. The SMILES string of the molecule is CN1C=NNC=N1. The van der Waals surface area contributed by atoms with E-state index in [-0.39, 0.29) is 0 Å². The first kappa shape index (κ1) is 4.11. The molecule has 0 spiro atoms. The Balaban J connectivity index is 2.49. The molecule has 1 aliphatic rings. The molecule has 4 heteroatoms. The molecular formula is C3H6N4. The van der Waals surface area contributed by atoms with Crippen LogP contribution in [-0.4, -0.2) is 24.7 Å². The van der Waals surface area contributed by atoms with Gasteiger partial charge in [0.05, 0.1) is 0 Å². The predicted octanol–water partition coefficient (Wildman–Crippen LogP) is -0.592. The zero-order valence-electron chi connectivity index (χ0n) is 4.00. The van der Waals surface area contributed by atoms with Crippen LogP contribution in [0.2, 0.25) is 0 Å². The quantitative estimate of drug-likeness (QED) is 0.440. The summed E-state index contributed by atoms with van der Waals surface area (Å²) in [6, 6.07) is 0. The summed E-state index contributed by atoms with van der Waals surface area (Å²) in [7, 11) is 1.81. The summed E-state index contributed by atoms with van der Waals surface area (Å²) in [5.41, 5.74) is 2.55.